The fourth-order valence-corrected chi connectivity index (χ4v) is 1.68. The van der Waals surface area contributed by atoms with Crippen LogP contribution < -0.4 is 5.32 Å². The van der Waals surface area contributed by atoms with E-state index >= 15 is 0 Å². The molecule has 0 aromatic carbocycles. The summed E-state index contributed by atoms with van der Waals surface area (Å²) in [6.07, 6.45) is 2.43. The molecule has 0 aliphatic carbocycles. The van der Waals surface area contributed by atoms with Crippen molar-refractivity contribution in [1.82, 2.24) is 9.97 Å². The number of anilines is 1. The molecule has 2 aromatic rings. The van der Waals surface area contributed by atoms with E-state index in [0.717, 1.165) is 12.2 Å². The Hall–Kier alpha value is -2.08. The van der Waals surface area contributed by atoms with E-state index in [4.69, 9.17) is 21.1 Å². The highest BCUT2D eigenvalue weighted by atomic mass is 35.5. The van der Waals surface area contributed by atoms with Crippen molar-refractivity contribution in [1.29, 1.82) is 0 Å². The summed E-state index contributed by atoms with van der Waals surface area (Å²) in [6.45, 7) is 2.28. The van der Waals surface area contributed by atoms with Gasteiger partial charge in [-0.3, -0.25) is 0 Å². The van der Waals surface area contributed by atoms with Crippen molar-refractivity contribution in [2.45, 2.75) is 19.9 Å². The molecule has 0 radical (unpaired) electrons. The molecular weight excluding hydrogens is 270 g/mol. The number of rotatable bonds is 5. The first-order valence-electron chi connectivity index (χ1n) is 5.67. The highest BCUT2D eigenvalue weighted by molar-refractivity contribution is 6.29. The van der Waals surface area contributed by atoms with Gasteiger partial charge in [0, 0.05) is 6.42 Å². The molecule has 2 aromatic heterocycles. The first kappa shape index (κ1) is 13.4. The normalized spacial score (nSPS) is 10.4. The van der Waals surface area contributed by atoms with Crippen molar-refractivity contribution in [3.05, 3.63) is 40.7 Å². The number of nitrogens with zero attached hydrogens (tertiary/aromatic N) is 2. The average molecular weight is 282 g/mol. The Labute approximate surface area is 114 Å². The van der Waals surface area contributed by atoms with E-state index in [9.17, 15) is 4.79 Å². The predicted molar refractivity (Wildman–Crippen MR) is 69.4 cm³/mol. The number of hydrogen-bond donors (Lipinski definition) is 2. The van der Waals surface area contributed by atoms with Crippen molar-refractivity contribution in [2.75, 3.05) is 5.32 Å². The van der Waals surface area contributed by atoms with Crippen LogP contribution >= 0.6 is 11.6 Å². The summed E-state index contributed by atoms with van der Waals surface area (Å²) in [5.41, 5.74) is 0.0733. The van der Waals surface area contributed by atoms with E-state index < -0.39 is 5.97 Å². The SMILES string of the molecule is CCc1cnc(CNc2cc(C(=O)O)cc(Cl)n2)o1. The second-order valence-electron chi connectivity index (χ2n) is 3.80. The maximum absolute atomic E-state index is 10.9. The van der Waals surface area contributed by atoms with Gasteiger partial charge in [0.05, 0.1) is 18.3 Å². The lowest BCUT2D eigenvalue weighted by Crippen LogP contribution is -2.04. The number of carbonyl (C=O) groups is 1. The van der Waals surface area contributed by atoms with Crippen molar-refractivity contribution in [2.24, 2.45) is 0 Å². The average Bonchev–Trinajstić information content (AvgIpc) is 2.83. The Morgan fingerprint density at radius 3 is 2.95 bits per heavy atom. The van der Waals surface area contributed by atoms with Gasteiger partial charge < -0.3 is 14.8 Å². The molecule has 2 N–H and O–H groups in total. The molecule has 19 heavy (non-hydrogen) atoms. The van der Waals surface area contributed by atoms with Crippen molar-refractivity contribution in [3.8, 4) is 0 Å². The number of aryl methyl sites for hydroxylation is 1. The van der Waals surface area contributed by atoms with Gasteiger partial charge in [-0.15, -0.1) is 0 Å². The summed E-state index contributed by atoms with van der Waals surface area (Å²) >= 11 is 5.75. The summed E-state index contributed by atoms with van der Waals surface area (Å²) in [4.78, 5) is 18.9. The third kappa shape index (κ3) is 3.45. The van der Waals surface area contributed by atoms with Crippen LogP contribution in [0, 0.1) is 0 Å². The molecule has 7 heteroatoms. The second kappa shape index (κ2) is 5.71. The van der Waals surface area contributed by atoms with Gasteiger partial charge in [0.2, 0.25) is 5.89 Å². The van der Waals surface area contributed by atoms with E-state index in [0.29, 0.717) is 18.3 Å². The lowest BCUT2D eigenvalue weighted by atomic mass is 10.2. The van der Waals surface area contributed by atoms with Gasteiger partial charge in [0.15, 0.2) is 0 Å². The smallest absolute Gasteiger partial charge is 0.335 e. The van der Waals surface area contributed by atoms with E-state index in [1.165, 1.54) is 12.1 Å². The minimum absolute atomic E-state index is 0.0733. The minimum Gasteiger partial charge on any atom is -0.478 e. The molecule has 0 saturated heterocycles. The molecule has 0 saturated carbocycles. The molecule has 0 aliphatic rings. The fourth-order valence-electron chi connectivity index (χ4n) is 1.47. The third-order valence-electron chi connectivity index (χ3n) is 2.41. The van der Waals surface area contributed by atoms with E-state index in [2.05, 4.69) is 15.3 Å². The molecule has 2 rings (SSSR count). The summed E-state index contributed by atoms with van der Waals surface area (Å²) in [5, 5.41) is 11.9. The molecule has 0 atom stereocenters. The highest BCUT2D eigenvalue weighted by Crippen LogP contribution is 2.15. The van der Waals surface area contributed by atoms with Crippen LogP contribution in [0.25, 0.3) is 0 Å². The van der Waals surface area contributed by atoms with Gasteiger partial charge in [-0.1, -0.05) is 18.5 Å². The molecule has 0 unspecified atom stereocenters. The Kier molecular flexibility index (Phi) is 4.01. The zero-order valence-electron chi connectivity index (χ0n) is 10.2. The minimum atomic E-state index is -1.06. The number of aromatic nitrogens is 2. The van der Waals surface area contributed by atoms with Crippen LogP contribution in [0.3, 0.4) is 0 Å². The topological polar surface area (TPSA) is 88.2 Å². The van der Waals surface area contributed by atoms with E-state index in [-0.39, 0.29) is 10.7 Å². The molecule has 0 spiro atoms. The maximum atomic E-state index is 10.9. The number of nitrogens with one attached hydrogen (secondary N) is 1. The van der Waals surface area contributed by atoms with Gasteiger partial charge in [-0.25, -0.2) is 14.8 Å². The summed E-state index contributed by atoms with van der Waals surface area (Å²) in [6, 6.07) is 2.69. The van der Waals surface area contributed by atoms with Crippen LogP contribution in [-0.2, 0) is 13.0 Å². The molecule has 0 aliphatic heterocycles. The van der Waals surface area contributed by atoms with E-state index in [1.807, 2.05) is 6.92 Å². The number of oxazole rings is 1. The Morgan fingerprint density at radius 1 is 1.53 bits per heavy atom. The molecular formula is C12H12ClN3O3. The lowest BCUT2D eigenvalue weighted by molar-refractivity contribution is 0.0697. The van der Waals surface area contributed by atoms with E-state index in [1.54, 1.807) is 6.20 Å². The zero-order chi connectivity index (χ0) is 13.8. The van der Waals surface area contributed by atoms with Gasteiger partial charge in [-0.2, -0.15) is 0 Å². The summed E-state index contributed by atoms with van der Waals surface area (Å²) < 4.78 is 5.41. The van der Waals surface area contributed by atoms with Gasteiger partial charge in [-0.05, 0) is 12.1 Å². The summed E-state index contributed by atoms with van der Waals surface area (Å²) in [7, 11) is 0. The molecule has 6 nitrogen and oxygen atoms in total. The Bertz CT molecular complexity index is 598. The van der Waals surface area contributed by atoms with Gasteiger partial charge >= 0.3 is 5.97 Å². The highest BCUT2D eigenvalue weighted by Gasteiger charge is 2.08. The van der Waals surface area contributed by atoms with Crippen molar-refractivity contribution in [3.63, 3.8) is 0 Å². The Morgan fingerprint density at radius 2 is 2.32 bits per heavy atom. The zero-order valence-corrected chi connectivity index (χ0v) is 10.9. The van der Waals surface area contributed by atoms with Crippen molar-refractivity contribution >= 4 is 23.4 Å². The summed E-state index contributed by atoms with van der Waals surface area (Å²) in [5.74, 6) is 0.607. The third-order valence-corrected chi connectivity index (χ3v) is 2.61. The number of halogens is 1. The lowest BCUT2D eigenvalue weighted by Gasteiger charge is -2.04. The largest absolute Gasteiger partial charge is 0.478 e. The van der Waals surface area contributed by atoms with Gasteiger partial charge in [0.25, 0.3) is 0 Å². The van der Waals surface area contributed by atoms with Crippen molar-refractivity contribution < 1.29 is 14.3 Å². The van der Waals surface area contributed by atoms with Crippen LogP contribution in [0.1, 0.15) is 28.9 Å². The van der Waals surface area contributed by atoms with Crippen LogP contribution in [0.2, 0.25) is 5.15 Å². The first-order valence-corrected chi connectivity index (χ1v) is 6.04. The number of pyridine rings is 1. The van der Waals surface area contributed by atoms with Crippen LogP contribution in [0.15, 0.2) is 22.7 Å². The fraction of sp³-hybridized carbons (Fsp3) is 0.250. The molecule has 100 valence electrons. The number of carboxylic acids is 1. The number of aromatic carboxylic acids is 1. The first-order chi connectivity index (χ1) is 9.08. The maximum Gasteiger partial charge on any atom is 0.335 e. The molecule has 0 amide bonds. The standard InChI is InChI=1S/C12H12ClN3O3/c1-2-8-5-15-11(19-8)6-14-10-4-7(12(17)18)3-9(13)16-10/h3-5H,2,6H2,1H3,(H,14,16)(H,17,18). The Balaban J connectivity index is 2.08. The quantitative estimate of drug-likeness (QED) is 0.819. The monoisotopic (exact) mass is 281 g/mol. The van der Waals surface area contributed by atoms with Gasteiger partial charge in [0.1, 0.15) is 16.7 Å². The van der Waals surface area contributed by atoms with Crippen LogP contribution in [0.4, 0.5) is 5.82 Å². The van der Waals surface area contributed by atoms with Crippen LogP contribution in [0.5, 0.6) is 0 Å². The molecule has 0 bridgehead atoms. The number of hydrogen-bond acceptors (Lipinski definition) is 5. The predicted octanol–water partition coefficient (Wildman–Crippen LogP) is 2.60. The van der Waals surface area contributed by atoms with Crippen LogP contribution in [-0.4, -0.2) is 21.0 Å². The number of carboxylic acid groups (broad SMARTS) is 1. The second-order valence-corrected chi connectivity index (χ2v) is 4.18. The molecule has 2 heterocycles. The molecule has 0 fully saturated rings.